The van der Waals surface area contributed by atoms with Crippen molar-refractivity contribution < 1.29 is 12.8 Å². The summed E-state index contributed by atoms with van der Waals surface area (Å²) in [5, 5.41) is 0.286. The lowest BCUT2D eigenvalue weighted by Crippen LogP contribution is -2.09. The summed E-state index contributed by atoms with van der Waals surface area (Å²) in [6, 6.07) is 8.31. The van der Waals surface area contributed by atoms with Crippen LogP contribution in [0.4, 0.5) is 10.1 Å². The molecule has 0 aliphatic heterocycles. The molecule has 2 aromatic carbocycles. The van der Waals surface area contributed by atoms with Gasteiger partial charge in [0.25, 0.3) is 0 Å². The van der Waals surface area contributed by atoms with Crippen LogP contribution in [0.3, 0.4) is 0 Å². The third-order valence-electron chi connectivity index (χ3n) is 2.97. The standard InChI is InChI=1S/C14H13ClFNO2S/c1-9-2-4-12(16)6-10(9)8-20(18,19)14-7-11(15)3-5-13(14)17/h2-7H,8,17H2,1H3. The normalized spacial score (nSPS) is 11.6. The van der Waals surface area contributed by atoms with Gasteiger partial charge in [0.05, 0.1) is 16.3 Å². The molecular formula is C14H13ClFNO2S. The van der Waals surface area contributed by atoms with Crippen LogP contribution in [0.2, 0.25) is 5.02 Å². The van der Waals surface area contributed by atoms with Crippen LogP contribution < -0.4 is 5.73 Å². The van der Waals surface area contributed by atoms with Gasteiger partial charge in [0.1, 0.15) is 5.82 Å². The summed E-state index contributed by atoms with van der Waals surface area (Å²) in [6.07, 6.45) is 0. The van der Waals surface area contributed by atoms with Crippen LogP contribution in [0, 0.1) is 12.7 Å². The van der Waals surface area contributed by atoms with E-state index in [0.29, 0.717) is 11.1 Å². The number of benzene rings is 2. The molecule has 0 bridgehead atoms. The molecule has 2 aromatic rings. The summed E-state index contributed by atoms with van der Waals surface area (Å²) in [5.41, 5.74) is 6.92. The van der Waals surface area contributed by atoms with Crippen molar-refractivity contribution in [2.45, 2.75) is 17.6 Å². The second-order valence-electron chi connectivity index (χ2n) is 4.51. The van der Waals surface area contributed by atoms with E-state index in [1.165, 1.54) is 30.3 Å². The molecule has 6 heteroatoms. The van der Waals surface area contributed by atoms with E-state index >= 15 is 0 Å². The van der Waals surface area contributed by atoms with Gasteiger partial charge in [-0.3, -0.25) is 0 Å². The summed E-state index contributed by atoms with van der Waals surface area (Å²) < 4.78 is 38.0. The van der Waals surface area contributed by atoms with Crippen LogP contribution in [-0.4, -0.2) is 8.42 Å². The van der Waals surface area contributed by atoms with Crippen molar-refractivity contribution in [3.63, 3.8) is 0 Å². The fourth-order valence-corrected chi connectivity index (χ4v) is 3.70. The largest absolute Gasteiger partial charge is 0.398 e. The molecule has 3 nitrogen and oxygen atoms in total. The Balaban J connectivity index is 2.46. The number of sulfone groups is 1. The highest BCUT2D eigenvalue weighted by Crippen LogP contribution is 2.26. The first-order valence-corrected chi connectivity index (χ1v) is 7.85. The first kappa shape index (κ1) is 14.8. The molecule has 0 unspecified atom stereocenters. The fraction of sp³-hybridized carbons (Fsp3) is 0.143. The van der Waals surface area contributed by atoms with Gasteiger partial charge in [0.15, 0.2) is 9.84 Å². The summed E-state index contributed by atoms with van der Waals surface area (Å²) in [6.45, 7) is 1.73. The second-order valence-corrected chi connectivity index (χ2v) is 6.91. The number of hydrogen-bond donors (Lipinski definition) is 1. The molecular weight excluding hydrogens is 301 g/mol. The van der Waals surface area contributed by atoms with E-state index in [1.54, 1.807) is 13.0 Å². The Morgan fingerprint density at radius 2 is 1.90 bits per heavy atom. The molecule has 0 aromatic heterocycles. The third-order valence-corrected chi connectivity index (χ3v) is 4.92. The van der Waals surface area contributed by atoms with Crippen molar-refractivity contribution in [1.82, 2.24) is 0 Å². The summed E-state index contributed by atoms with van der Waals surface area (Å²) in [7, 11) is -3.68. The monoisotopic (exact) mass is 313 g/mol. The van der Waals surface area contributed by atoms with Crippen molar-refractivity contribution in [3.8, 4) is 0 Å². The van der Waals surface area contributed by atoms with E-state index in [0.717, 1.165) is 0 Å². The Morgan fingerprint density at radius 1 is 1.20 bits per heavy atom. The minimum absolute atomic E-state index is 0.0336. The Hall–Kier alpha value is -1.59. The minimum Gasteiger partial charge on any atom is -0.398 e. The number of rotatable bonds is 3. The van der Waals surface area contributed by atoms with Gasteiger partial charge >= 0.3 is 0 Å². The molecule has 0 radical (unpaired) electrons. The second kappa shape index (κ2) is 5.42. The molecule has 0 atom stereocenters. The Kier molecular flexibility index (Phi) is 4.01. The van der Waals surface area contributed by atoms with Crippen LogP contribution in [-0.2, 0) is 15.6 Å². The van der Waals surface area contributed by atoms with Gasteiger partial charge in [-0.05, 0) is 48.4 Å². The van der Waals surface area contributed by atoms with Crippen LogP contribution in [0.25, 0.3) is 0 Å². The van der Waals surface area contributed by atoms with Gasteiger partial charge < -0.3 is 5.73 Å². The minimum atomic E-state index is -3.68. The molecule has 0 saturated carbocycles. The van der Waals surface area contributed by atoms with E-state index in [9.17, 15) is 12.8 Å². The average molecular weight is 314 g/mol. The highest BCUT2D eigenvalue weighted by molar-refractivity contribution is 7.90. The lowest BCUT2D eigenvalue weighted by molar-refractivity contribution is 0.595. The van der Waals surface area contributed by atoms with Gasteiger partial charge in [-0.25, -0.2) is 12.8 Å². The van der Waals surface area contributed by atoms with E-state index in [1.807, 2.05) is 0 Å². The van der Waals surface area contributed by atoms with Gasteiger partial charge in [0.2, 0.25) is 0 Å². The van der Waals surface area contributed by atoms with Crippen LogP contribution in [0.15, 0.2) is 41.3 Å². The molecule has 0 amide bonds. The van der Waals surface area contributed by atoms with Crippen LogP contribution in [0.5, 0.6) is 0 Å². The first-order valence-electron chi connectivity index (χ1n) is 5.82. The van der Waals surface area contributed by atoms with Crippen LogP contribution >= 0.6 is 11.6 Å². The molecule has 0 aliphatic carbocycles. The summed E-state index contributed by atoms with van der Waals surface area (Å²) in [5.74, 6) is -0.791. The SMILES string of the molecule is Cc1ccc(F)cc1CS(=O)(=O)c1cc(Cl)ccc1N. The summed E-state index contributed by atoms with van der Waals surface area (Å²) >= 11 is 5.80. The molecule has 20 heavy (non-hydrogen) atoms. The van der Waals surface area contributed by atoms with Crippen molar-refractivity contribution >= 4 is 27.1 Å². The van der Waals surface area contributed by atoms with Crippen molar-refractivity contribution in [2.24, 2.45) is 0 Å². The molecule has 2 rings (SSSR count). The van der Waals surface area contributed by atoms with Crippen molar-refractivity contribution in [3.05, 3.63) is 58.4 Å². The fourth-order valence-electron chi connectivity index (χ4n) is 1.86. The van der Waals surface area contributed by atoms with E-state index in [-0.39, 0.29) is 21.4 Å². The van der Waals surface area contributed by atoms with Gasteiger partial charge in [0, 0.05) is 5.02 Å². The lowest BCUT2D eigenvalue weighted by atomic mass is 10.1. The topological polar surface area (TPSA) is 60.2 Å². The zero-order chi connectivity index (χ0) is 14.9. The lowest BCUT2D eigenvalue weighted by Gasteiger charge is -2.10. The predicted octanol–water partition coefficient (Wildman–Crippen LogP) is 3.34. The number of halogens is 2. The van der Waals surface area contributed by atoms with Crippen molar-refractivity contribution in [1.29, 1.82) is 0 Å². The maximum Gasteiger partial charge on any atom is 0.184 e. The average Bonchev–Trinajstić information content (AvgIpc) is 2.36. The molecule has 0 saturated heterocycles. The molecule has 0 fully saturated rings. The quantitative estimate of drug-likeness (QED) is 0.884. The van der Waals surface area contributed by atoms with Crippen LogP contribution in [0.1, 0.15) is 11.1 Å². The maximum atomic E-state index is 13.2. The number of aryl methyl sites for hydroxylation is 1. The molecule has 106 valence electrons. The highest BCUT2D eigenvalue weighted by Gasteiger charge is 2.20. The summed E-state index contributed by atoms with van der Waals surface area (Å²) in [4.78, 5) is -0.0336. The van der Waals surface area contributed by atoms with Crippen molar-refractivity contribution in [2.75, 3.05) is 5.73 Å². The zero-order valence-corrected chi connectivity index (χ0v) is 12.3. The number of nitrogens with two attached hydrogens (primary N) is 1. The third kappa shape index (κ3) is 3.11. The Morgan fingerprint density at radius 3 is 2.60 bits per heavy atom. The maximum absolute atomic E-state index is 13.2. The highest BCUT2D eigenvalue weighted by atomic mass is 35.5. The van der Waals surface area contributed by atoms with E-state index < -0.39 is 15.7 Å². The molecule has 2 N–H and O–H groups in total. The number of nitrogen functional groups attached to an aromatic ring is 1. The predicted molar refractivity (Wildman–Crippen MR) is 77.9 cm³/mol. The number of hydrogen-bond acceptors (Lipinski definition) is 3. The molecule has 0 spiro atoms. The van der Waals surface area contributed by atoms with Gasteiger partial charge in [-0.1, -0.05) is 17.7 Å². The Labute approximate surface area is 122 Å². The molecule has 0 heterocycles. The van der Waals surface area contributed by atoms with Gasteiger partial charge in [-0.2, -0.15) is 0 Å². The first-order chi connectivity index (χ1) is 9.29. The Bertz CT molecular complexity index is 760. The van der Waals surface area contributed by atoms with Gasteiger partial charge in [-0.15, -0.1) is 0 Å². The van der Waals surface area contributed by atoms with E-state index in [4.69, 9.17) is 17.3 Å². The zero-order valence-electron chi connectivity index (χ0n) is 10.7. The number of anilines is 1. The van der Waals surface area contributed by atoms with E-state index in [2.05, 4.69) is 0 Å². The smallest absolute Gasteiger partial charge is 0.184 e. The molecule has 0 aliphatic rings.